The molecule has 1 aliphatic rings. The van der Waals surface area contributed by atoms with Crippen LogP contribution in [0.3, 0.4) is 0 Å². The third-order valence-electron chi connectivity index (χ3n) is 3.29. The van der Waals surface area contributed by atoms with E-state index in [1.165, 1.54) is 0 Å². The zero-order valence-corrected chi connectivity index (χ0v) is 12.8. The molecule has 1 unspecified atom stereocenters. The van der Waals surface area contributed by atoms with Gasteiger partial charge < -0.3 is 19.7 Å². The number of ether oxygens (including phenoxy) is 2. The highest BCUT2D eigenvalue weighted by atomic mass is 35.5. The van der Waals surface area contributed by atoms with Gasteiger partial charge in [-0.15, -0.1) is 12.4 Å². The average molecular weight is 301 g/mol. The van der Waals surface area contributed by atoms with Crippen LogP contribution in [0, 0.1) is 0 Å². The van der Waals surface area contributed by atoms with Gasteiger partial charge in [-0.1, -0.05) is 6.07 Å². The maximum atomic E-state index is 12.6. The van der Waals surface area contributed by atoms with Crippen LogP contribution in [-0.4, -0.2) is 50.7 Å². The molecule has 5 nitrogen and oxygen atoms in total. The Labute approximate surface area is 125 Å². The van der Waals surface area contributed by atoms with Crippen LogP contribution in [0.2, 0.25) is 0 Å². The van der Waals surface area contributed by atoms with Gasteiger partial charge in [-0.25, -0.2) is 0 Å². The Morgan fingerprint density at radius 2 is 2.10 bits per heavy atom. The summed E-state index contributed by atoms with van der Waals surface area (Å²) in [6.07, 6.45) is 0. The number of carbonyl (C=O) groups is 1. The largest absolute Gasteiger partial charge is 0.493 e. The van der Waals surface area contributed by atoms with E-state index < -0.39 is 0 Å². The second-order valence-corrected chi connectivity index (χ2v) is 4.65. The maximum absolute atomic E-state index is 12.6. The van der Waals surface area contributed by atoms with Crippen molar-refractivity contribution in [2.75, 3.05) is 33.9 Å². The molecule has 1 fully saturated rings. The molecule has 1 aliphatic heterocycles. The Bertz CT molecular complexity index is 468. The molecule has 2 rings (SSSR count). The zero-order valence-electron chi connectivity index (χ0n) is 12.0. The van der Waals surface area contributed by atoms with E-state index in [-0.39, 0.29) is 18.3 Å². The smallest absolute Gasteiger partial charge is 0.257 e. The molecular formula is C14H21ClN2O3. The third kappa shape index (κ3) is 3.35. The summed E-state index contributed by atoms with van der Waals surface area (Å²) in [4.78, 5) is 14.4. The molecule has 1 saturated heterocycles. The minimum atomic E-state index is -0.0101. The lowest BCUT2D eigenvalue weighted by Crippen LogP contribution is -2.51. The van der Waals surface area contributed by atoms with E-state index in [0.717, 1.165) is 6.54 Å². The van der Waals surface area contributed by atoms with E-state index in [1.807, 2.05) is 4.90 Å². The van der Waals surface area contributed by atoms with Crippen molar-refractivity contribution in [3.05, 3.63) is 23.8 Å². The number of rotatable bonds is 3. The molecule has 1 atom stereocenters. The van der Waals surface area contributed by atoms with Gasteiger partial charge in [0.25, 0.3) is 5.91 Å². The summed E-state index contributed by atoms with van der Waals surface area (Å²) in [6, 6.07) is 5.68. The van der Waals surface area contributed by atoms with Gasteiger partial charge in [0.15, 0.2) is 11.5 Å². The molecule has 1 aromatic carbocycles. The number of hydrogen-bond donors (Lipinski definition) is 1. The summed E-state index contributed by atoms with van der Waals surface area (Å²) in [6.45, 7) is 4.31. The van der Waals surface area contributed by atoms with Gasteiger partial charge in [0, 0.05) is 25.7 Å². The molecule has 112 valence electrons. The van der Waals surface area contributed by atoms with Crippen molar-refractivity contribution in [1.29, 1.82) is 0 Å². The Kier molecular flexibility index (Phi) is 6.10. The molecular weight excluding hydrogens is 280 g/mol. The second-order valence-electron chi connectivity index (χ2n) is 4.65. The van der Waals surface area contributed by atoms with Gasteiger partial charge in [-0.3, -0.25) is 4.79 Å². The molecule has 1 amide bonds. The molecule has 1 N–H and O–H groups in total. The minimum absolute atomic E-state index is 0. The number of piperazine rings is 1. The van der Waals surface area contributed by atoms with Gasteiger partial charge in [-0.05, 0) is 19.1 Å². The van der Waals surface area contributed by atoms with Crippen molar-refractivity contribution < 1.29 is 14.3 Å². The van der Waals surface area contributed by atoms with E-state index in [4.69, 9.17) is 9.47 Å². The lowest BCUT2D eigenvalue weighted by molar-refractivity contribution is 0.0705. The first-order valence-corrected chi connectivity index (χ1v) is 6.41. The minimum Gasteiger partial charge on any atom is -0.493 e. The second kappa shape index (κ2) is 7.36. The van der Waals surface area contributed by atoms with Crippen molar-refractivity contribution in [2.24, 2.45) is 0 Å². The van der Waals surface area contributed by atoms with E-state index in [1.54, 1.807) is 32.4 Å². The van der Waals surface area contributed by atoms with Crippen LogP contribution < -0.4 is 14.8 Å². The van der Waals surface area contributed by atoms with E-state index >= 15 is 0 Å². The van der Waals surface area contributed by atoms with E-state index in [0.29, 0.717) is 36.2 Å². The van der Waals surface area contributed by atoms with Gasteiger partial charge in [0.2, 0.25) is 0 Å². The molecule has 0 aliphatic carbocycles. The number of hydrogen-bond acceptors (Lipinski definition) is 4. The summed E-state index contributed by atoms with van der Waals surface area (Å²) in [5, 5.41) is 3.32. The van der Waals surface area contributed by atoms with Crippen LogP contribution in [0.1, 0.15) is 17.3 Å². The van der Waals surface area contributed by atoms with Crippen LogP contribution in [0.25, 0.3) is 0 Å². The first-order valence-electron chi connectivity index (χ1n) is 6.41. The molecule has 0 saturated carbocycles. The fourth-order valence-corrected chi connectivity index (χ4v) is 2.34. The van der Waals surface area contributed by atoms with E-state index in [2.05, 4.69) is 12.2 Å². The Morgan fingerprint density at radius 3 is 2.70 bits per heavy atom. The molecule has 6 heteroatoms. The van der Waals surface area contributed by atoms with Crippen molar-refractivity contribution >= 4 is 18.3 Å². The molecule has 0 aromatic heterocycles. The molecule has 1 aromatic rings. The molecule has 20 heavy (non-hydrogen) atoms. The number of benzene rings is 1. The molecule has 0 bridgehead atoms. The number of nitrogens with one attached hydrogen (secondary N) is 1. The van der Waals surface area contributed by atoms with Crippen molar-refractivity contribution in [2.45, 2.75) is 13.0 Å². The lowest BCUT2D eigenvalue weighted by atomic mass is 10.1. The van der Waals surface area contributed by atoms with E-state index in [9.17, 15) is 4.79 Å². The van der Waals surface area contributed by atoms with Crippen LogP contribution in [-0.2, 0) is 0 Å². The normalized spacial score (nSPS) is 18.1. The Hall–Kier alpha value is -1.46. The van der Waals surface area contributed by atoms with Gasteiger partial charge in [0.05, 0.1) is 19.8 Å². The fourth-order valence-electron chi connectivity index (χ4n) is 2.34. The Balaban J connectivity index is 0.00000200. The fraction of sp³-hybridized carbons (Fsp3) is 0.500. The number of halogens is 1. The van der Waals surface area contributed by atoms with Crippen molar-refractivity contribution in [1.82, 2.24) is 10.2 Å². The van der Waals surface area contributed by atoms with Gasteiger partial charge >= 0.3 is 0 Å². The van der Waals surface area contributed by atoms with Crippen molar-refractivity contribution in [3.63, 3.8) is 0 Å². The van der Waals surface area contributed by atoms with Crippen LogP contribution >= 0.6 is 12.4 Å². The predicted octanol–water partition coefficient (Wildman–Crippen LogP) is 1.56. The number of methoxy groups -OCH3 is 2. The SMILES string of the molecule is COc1cccc(C(=O)N2CCNC(C)C2)c1OC.Cl. The summed E-state index contributed by atoms with van der Waals surface area (Å²) in [5.41, 5.74) is 0.552. The maximum Gasteiger partial charge on any atom is 0.257 e. The average Bonchev–Trinajstić information content (AvgIpc) is 2.45. The quantitative estimate of drug-likeness (QED) is 0.920. The molecule has 1 heterocycles. The lowest BCUT2D eigenvalue weighted by Gasteiger charge is -2.32. The Morgan fingerprint density at radius 1 is 1.35 bits per heavy atom. The highest BCUT2D eigenvalue weighted by molar-refractivity contribution is 5.98. The van der Waals surface area contributed by atoms with Crippen molar-refractivity contribution in [3.8, 4) is 11.5 Å². The first-order chi connectivity index (χ1) is 9.17. The highest BCUT2D eigenvalue weighted by Crippen LogP contribution is 2.31. The monoisotopic (exact) mass is 300 g/mol. The number of para-hydroxylation sites is 1. The van der Waals surface area contributed by atoms with Crippen LogP contribution in [0.15, 0.2) is 18.2 Å². The third-order valence-corrected chi connectivity index (χ3v) is 3.29. The van der Waals surface area contributed by atoms with Crippen LogP contribution in [0.4, 0.5) is 0 Å². The standard InChI is InChI=1S/C14H20N2O3.ClH/c1-10-9-16(8-7-15-10)14(17)11-5-4-6-12(18-2)13(11)19-3;/h4-6,10,15H,7-9H2,1-3H3;1H. The highest BCUT2D eigenvalue weighted by Gasteiger charge is 2.25. The summed E-state index contributed by atoms with van der Waals surface area (Å²) in [5.74, 6) is 1.07. The number of carbonyl (C=O) groups excluding carboxylic acids is 1. The van der Waals surface area contributed by atoms with Gasteiger partial charge in [-0.2, -0.15) is 0 Å². The van der Waals surface area contributed by atoms with Gasteiger partial charge in [0.1, 0.15) is 0 Å². The zero-order chi connectivity index (χ0) is 13.8. The van der Waals surface area contributed by atoms with Crippen LogP contribution in [0.5, 0.6) is 11.5 Å². The first kappa shape index (κ1) is 16.6. The molecule has 0 spiro atoms. The summed E-state index contributed by atoms with van der Waals surface area (Å²) < 4.78 is 10.5. The summed E-state index contributed by atoms with van der Waals surface area (Å²) >= 11 is 0. The summed E-state index contributed by atoms with van der Waals surface area (Å²) in [7, 11) is 3.12. The topological polar surface area (TPSA) is 50.8 Å². The molecule has 0 radical (unpaired) electrons. The number of amides is 1. The number of nitrogens with zero attached hydrogens (tertiary/aromatic N) is 1. The predicted molar refractivity (Wildman–Crippen MR) is 80.2 cm³/mol.